The second kappa shape index (κ2) is 8.17. The number of phenolic OH excluding ortho intramolecular Hbond substituents is 1. The van der Waals surface area contributed by atoms with Crippen LogP contribution in [0.15, 0.2) is 40.2 Å². The average molecular weight is 592 g/mol. The van der Waals surface area contributed by atoms with Gasteiger partial charge in [-0.25, -0.2) is 4.99 Å². The topological polar surface area (TPSA) is 70.9 Å². The number of carbonyl (C=O) groups is 1. The Morgan fingerprint density at radius 2 is 1.92 bits per heavy atom. The van der Waals surface area contributed by atoms with E-state index in [-0.39, 0.29) is 11.7 Å². The Bertz CT molecular complexity index is 934. The summed E-state index contributed by atoms with van der Waals surface area (Å²) in [5.74, 6) is 0.710. The second-order valence-electron chi connectivity index (χ2n) is 5.49. The van der Waals surface area contributed by atoms with Crippen LogP contribution in [0.1, 0.15) is 11.1 Å². The van der Waals surface area contributed by atoms with Gasteiger partial charge in [0, 0.05) is 0 Å². The van der Waals surface area contributed by atoms with Gasteiger partial charge in [-0.05, 0) is 105 Å². The van der Waals surface area contributed by atoms with Crippen LogP contribution in [0.3, 0.4) is 0 Å². The van der Waals surface area contributed by atoms with E-state index in [1.165, 1.54) is 11.8 Å². The molecule has 2 aromatic rings. The molecule has 0 saturated carbocycles. The van der Waals surface area contributed by atoms with E-state index in [0.717, 1.165) is 18.3 Å². The zero-order valence-electron chi connectivity index (χ0n) is 13.8. The van der Waals surface area contributed by atoms with Crippen molar-refractivity contribution < 1.29 is 14.6 Å². The van der Waals surface area contributed by atoms with Crippen LogP contribution in [-0.2, 0) is 4.79 Å². The number of aryl methyl sites for hydroxylation is 1. The standard InChI is InChI=1S/C18H14I2N2O3S/c1-9-3-4-14(25-2)13(5-9)21-18-22-17(24)15(26-18)8-10-6-11(19)16(23)12(20)7-10/h3-8,23H,1-2H3,(H,21,22,24)/b15-8-. The Morgan fingerprint density at radius 3 is 2.58 bits per heavy atom. The van der Waals surface area contributed by atoms with E-state index in [4.69, 9.17) is 4.74 Å². The van der Waals surface area contributed by atoms with E-state index in [1.807, 2.05) is 37.3 Å². The molecular weight excluding hydrogens is 578 g/mol. The molecule has 134 valence electrons. The summed E-state index contributed by atoms with van der Waals surface area (Å²) in [5.41, 5.74) is 2.58. The van der Waals surface area contributed by atoms with E-state index in [0.29, 0.717) is 21.5 Å². The maximum absolute atomic E-state index is 12.3. The smallest absolute Gasteiger partial charge is 0.264 e. The molecule has 1 fully saturated rings. The number of halogens is 2. The first kappa shape index (κ1) is 19.5. The molecule has 0 atom stereocenters. The maximum Gasteiger partial charge on any atom is 0.264 e. The van der Waals surface area contributed by atoms with E-state index < -0.39 is 0 Å². The number of aromatic hydroxyl groups is 1. The van der Waals surface area contributed by atoms with Crippen molar-refractivity contribution in [1.29, 1.82) is 0 Å². The van der Waals surface area contributed by atoms with Crippen LogP contribution in [0.2, 0.25) is 0 Å². The van der Waals surface area contributed by atoms with Crippen LogP contribution in [0.25, 0.3) is 6.08 Å². The van der Waals surface area contributed by atoms with E-state index in [9.17, 15) is 9.90 Å². The lowest BCUT2D eigenvalue weighted by Crippen LogP contribution is -2.19. The van der Waals surface area contributed by atoms with Crippen molar-refractivity contribution in [2.24, 2.45) is 4.99 Å². The molecule has 2 aromatic carbocycles. The van der Waals surface area contributed by atoms with Crippen molar-refractivity contribution >= 4 is 79.8 Å². The molecule has 1 saturated heterocycles. The lowest BCUT2D eigenvalue weighted by molar-refractivity contribution is -0.115. The van der Waals surface area contributed by atoms with Crippen molar-refractivity contribution in [1.82, 2.24) is 5.32 Å². The van der Waals surface area contributed by atoms with Crippen LogP contribution >= 0.6 is 56.9 Å². The van der Waals surface area contributed by atoms with Crippen molar-refractivity contribution in [3.8, 4) is 11.5 Å². The Labute approximate surface area is 182 Å². The highest BCUT2D eigenvalue weighted by Gasteiger charge is 2.24. The van der Waals surface area contributed by atoms with Gasteiger partial charge in [-0.1, -0.05) is 6.07 Å². The summed E-state index contributed by atoms with van der Waals surface area (Å²) in [5, 5.41) is 13.2. The number of hydrogen-bond donors (Lipinski definition) is 2. The number of aliphatic imine (C=N–C) groups is 1. The number of amidine groups is 1. The first-order valence-corrected chi connectivity index (χ1v) is 10.5. The van der Waals surface area contributed by atoms with Crippen molar-refractivity contribution in [2.45, 2.75) is 6.92 Å². The van der Waals surface area contributed by atoms with Gasteiger partial charge in [0.05, 0.1) is 19.2 Å². The quantitative estimate of drug-likeness (QED) is 0.397. The Hall–Kier alpha value is -1.27. The Morgan fingerprint density at radius 1 is 1.23 bits per heavy atom. The molecule has 26 heavy (non-hydrogen) atoms. The van der Waals surface area contributed by atoms with Crippen LogP contribution in [0.5, 0.6) is 11.5 Å². The van der Waals surface area contributed by atoms with Gasteiger partial charge in [0.2, 0.25) is 0 Å². The summed E-state index contributed by atoms with van der Waals surface area (Å²) in [6.45, 7) is 1.98. The molecule has 1 aliphatic rings. The summed E-state index contributed by atoms with van der Waals surface area (Å²) >= 11 is 5.41. The third-order valence-electron chi connectivity index (χ3n) is 3.54. The second-order valence-corrected chi connectivity index (χ2v) is 8.85. The first-order valence-electron chi connectivity index (χ1n) is 7.49. The van der Waals surface area contributed by atoms with Crippen LogP contribution in [-0.4, -0.2) is 23.3 Å². The van der Waals surface area contributed by atoms with Crippen LogP contribution < -0.4 is 10.1 Å². The number of phenols is 1. The molecule has 5 nitrogen and oxygen atoms in total. The number of carbonyl (C=O) groups excluding carboxylic acids is 1. The minimum Gasteiger partial charge on any atom is -0.506 e. The number of amides is 1. The fourth-order valence-corrected chi connectivity index (χ4v) is 4.95. The van der Waals surface area contributed by atoms with Gasteiger partial charge in [-0.2, -0.15) is 0 Å². The molecule has 1 heterocycles. The van der Waals surface area contributed by atoms with Gasteiger partial charge < -0.3 is 15.2 Å². The van der Waals surface area contributed by atoms with Crippen molar-refractivity contribution in [2.75, 3.05) is 7.11 Å². The molecule has 1 aliphatic heterocycles. The summed E-state index contributed by atoms with van der Waals surface area (Å²) in [4.78, 5) is 17.3. The maximum atomic E-state index is 12.3. The van der Waals surface area contributed by atoms with Crippen LogP contribution in [0.4, 0.5) is 5.69 Å². The predicted molar refractivity (Wildman–Crippen MR) is 122 cm³/mol. The molecule has 2 N–H and O–H groups in total. The lowest BCUT2D eigenvalue weighted by atomic mass is 10.2. The number of methoxy groups -OCH3 is 1. The van der Waals surface area contributed by atoms with E-state index in [1.54, 1.807) is 13.2 Å². The fourth-order valence-electron chi connectivity index (χ4n) is 2.30. The average Bonchev–Trinajstić information content (AvgIpc) is 2.92. The minimum atomic E-state index is -0.196. The monoisotopic (exact) mass is 592 g/mol. The number of nitrogens with one attached hydrogen (secondary N) is 1. The van der Waals surface area contributed by atoms with Gasteiger partial charge in [-0.15, -0.1) is 0 Å². The molecule has 0 bridgehead atoms. The molecule has 8 heteroatoms. The number of nitrogens with zero attached hydrogens (tertiary/aromatic N) is 1. The van der Waals surface area contributed by atoms with Crippen molar-refractivity contribution in [3.63, 3.8) is 0 Å². The molecule has 0 aliphatic carbocycles. The molecule has 0 radical (unpaired) electrons. The summed E-state index contributed by atoms with van der Waals surface area (Å²) in [7, 11) is 1.59. The first-order chi connectivity index (χ1) is 12.4. The normalized spacial score (nSPS) is 17.0. The fraction of sp³-hybridized carbons (Fsp3) is 0.111. The Balaban J connectivity index is 1.91. The summed E-state index contributed by atoms with van der Waals surface area (Å²) < 4.78 is 6.81. The highest BCUT2D eigenvalue weighted by Crippen LogP contribution is 2.34. The third-order valence-corrected chi connectivity index (χ3v) is 6.10. The highest BCUT2D eigenvalue weighted by molar-refractivity contribution is 14.1. The lowest BCUT2D eigenvalue weighted by Gasteiger charge is -2.05. The van der Waals surface area contributed by atoms with E-state index in [2.05, 4.69) is 55.5 Å². The molecular formula is C18H14I2N2O3S. The largest absolute Gasteiger partial charge is 0.506 e. The highest BCUT2D eigenvalue weighted by atomic mass is 127. The summed E-state index contributed by atoms with van der Waals surface area (Å²) in [6.07, 6.45) is 1.79. The van der Waals surface area contributed by atoms with Crippen molar-refractivity contribution in [3.05, 3.63) is 53.5 Å². The molecule has 0 aromatic heterocycles. The number of ether oxygens (including phenoxy) is 1. The Kier molecular flexibility index (Phi) is 6.13. The zero-order valence-corrected chi connectivity index (χ0v) is 19.0. The number of benzene rings is 2. The van der Waals surface area contributed by atoms with Crippen LogP contribution in [0, 0.1) is 14.1 Å². The summed E-state index contributed by atoms with van der Waals surface area (Å²) in [6, 6.07) is 9.37. The molecule has 0 unspecified atom stereocenters. The number of rotatable bonds is 3. The SMILES string of the molecule is COc1ccc(C)cc1N=C1NC(=O)/C(=C/c2cc(I)c(O)c(I)c2)S1. The van der Waals surface area contributed by atoms with Gasteiger partial charge >= 0.3 is 0 Å². The molecule has 3 rings (SSSR count). The number of thioether (sulfide) groups is 1. The third kappa shape index (κ3) is 4.34. The van der Waals surface area contributed by atoms with E-state index >= 15 is 0 Å². The molecule has 0 spiro atoms. The zero-order chi connectivity index (χ0) is 18.8. The number of hydrogen-bond acceptors (Lipinski definition) is 5. The van der Waals surface area contributed by atoms with Gasteiger partial charge in [0.15, 0.2) is 5.17 Å². The predicted octanol–water partition coefficient (Wildman–Crippen LogP) is 4.81. The van der Waals surface area contributed by atoms with Gasteiger partial charge in [-0.3, -0.25) is 4.79 Å². The molecule has 1 amide bonds. The minimum absolute atomic E-state index is 0.196. The van der Waals surface area contributed by atoms with Gasteiger partial charge in [0.1, 0.15) is 17.2 Å². The van der Waals surface area contributed by atoms with Gasteiger partial charge in [0.25, 0.3) is 5.91 Å².